The first-order valence-corrected chi connectivity index (χ1v) is 15.1. The first-order valence-electron chi connectivity index (χ1n) is 15.1. The highest BCUT2D eigenvalue weighted by Gasteiger charge is 2.50. The molecule has 13 heteroatoms. The van der Waals surface area contributed by atoms with Gasteiger partial charge in [-0.3, -0.25) is 4.79 Å². The molecule has 1 fully saturated rings. The largest absolute Gasteiger partial charge is 0.458 e. The lowest BCUT2D eigenvalue weighted by atomic mass is 9.80. The number of hydrogen-bond donors (Lipinski definition) is 3. The van der Waals surface area contributed by atoms with Gasteiger partial charge >= 0.3 is 25.3 Å². The second-order valence-corrected chi connectivity index (χ2v) is 15.1. The van der Waals surface area contributed by atoms with Crippen LogP contribution in [0.1, 0.15) is 110 Å². The van der Waals surface area contributed by atoms with Crippen molar-refractivity contribution in [2.45, 2.75) is 156 Å². The summed E-state index contributed by atoms with van der Waals surface area (Å²) in [6, 6.07) is -2.17. The zero-order chi connectivity index (χ0) is 33.6. The predicted molar refractivity (Wildman–Crippen MR) is 164 cm³/mol. The molecule has 0 aliphatic carbocycles. The SMILES string of the molecule is C[C@H](NC(=O)OC(C)(C)C)C(=O)N[C@H](C(=O)OC(C)(C)C)[C@@H](CCCB1OC(C)(C)C(C)(C)O1)CNC(=O)OC(C)(C)C. The van der Waals surface area contributed by atoms with Crippen LogP contribution in [0.15, 0.2) is 0 Å². The molecule has 248 valence electrons. The van der Waals surface area contributed by atoms with Crippen molar-refractivity contribution in [3.05, 3.63) is 0 Å². The van der Waals surface area contributed by atoms with Crippen LogP contribution in [0.4, 0.5) is 9.59 Å². The highest BCUT2D eigenvalue weighted by molar-refractivity contribution is 6.45. The van der Waals surface area contributed by atoms with Crippen molar-refractivity contribution in [1.29, 1.82) is 0 Å². The second kappa shape index (κ2) is 14.5. The molecule has 0 spiro atoms. The molecule has 3 amide bonds. The van der Waals surface area contributed by atoms with E-state index in [0.717, 1.165) is 0 Å². The molecule has 1 aliphatic heterocycles. The Kier molecular flexibility index (Phi) is 13.0. The Morgan fingerprint density at radius 1 is 0.744 bits per heavy atom. The summed E-state index contributed by atoms with van der Waals surface area (Å²) >= 11 is 0. The molecular formula is C30H56BN3O9. The van der Waals surface area contributed by atoms with Crippen LogP contribution in [-0.2, 0) is 33.1 Å². The van der Waals surface area contributed by atoms with Crippen LogP contribution < -0.4 is 16.0 Å². The van der Waals surface area contributed by atoms with Crippen LogP contribution in [0.5, 0.6) is 0 Å². The van der Waals surface area contributed by atoms with E-state index in [9.17, 15) is 19.2 Å². The molecule has 0 aromatic heterocycles. The minimum Gasteiger partial charge on any atom is -0.458 e. The number of nitrogens with one attached hydrogen (secondary N) is 3. The molecule has 3 N–H and O–H groups in total. The molecular weight excluding hydrogens is 557 g/mol. The van der Waals surface area contributed by atoms with E-state index in [1.807, 2.05) is 27.7 Å². The zero-order valence-corrected chi connectivity index (χ0v) is 28.8. The summed E-state index contributed by atoms with van der Waals surface area (Å²) in [5.74, 6) is -1.88. The number of carbonyl (C=O) groups is 4. The molecule has 0 bridgehead atoms. The minimum atomic E-state index is -1.15. The van der Waals surface area contributed by atoms with Gasteiger partial charge in [0, 0.05) is 12.5 Å². The molecule has 0 saturated carbocycles. The Balaban J connectivity index is 3.18. The lowest BCUT2D eigenvalue weighted by Gasteiger charge is -2.32. The maximum absolute atomic E-state index is 13.5. The van der Waals surface area contributed by atoms with E-state index >= 15 is 0 Å². The van der Waals surface area contributed by atoms with E-state index in [0.29, 0.717) is 19.2 Å². The van der Waals surface area contributed by atoms with E-state index in [1.54, 1.807) is 62.3 Å². The van der Waals surface area contributed by atoms with Crippen molar-refractivity contribution < 1.29 is 42.7 Å². The highest BCUT2D eigenvalue weighted by atomic mass is 16.7. The average molecular weight is 614 g/mol. The Labute approximate surface area is 258 Å². The summed E-state index contributed by atoms with van der Waals surface area (Å²) < 4.78 is 28.5. The Hall–Kier alpha value is -2.54. The standard InChI is InChI=1S/C30H56BN3O9/c1-19(33-25(38)41-28(8,9)10)22(35)34-21(23(36)39-26(2,3)4)20(18-32-24(37)40-27(5,6)7)16-15-17-31-42-29(11,12)30(13,14)43-31/h19-21H,15-18H2,1-14H3,(H,32,37)(H,33,38)(H,34,35)/t19-,20-,21-/m0/s1. The maximum Gasteiger partial charge on any atom is 0.457 e. The number of ether oxygens (including phenoxy) is 3. The number of hydrogen-bond acceptors (Lipinski definition) is 9. The molecule has 1 rings (SSSR count). The van der Waals surface area contributed by atoms with Crippen LogP contribution >= 0.6 is 0 Å². The van der Waals surface area contributed by atoms with Gasteiger partial charge in [0.1, 0.15) is 28.9 Å². The number of rotatable bonds is 11. The Morgan fingerprint density at radius 2 is 1.21 bits per heavy atom. The van der Waals surface area contributed by atoms with Gasteiger partial charge in [0.05, 0.1) is 11.2 Å². The van der Waals surface area contributed by atoms with Crippen molar-refractivity contribution >= 4 is 31.2 Å². The topological polar surface area (TPSA) is 151 Å². The van der Waals surface area contributed by atoms with Gasteiger partial charge in [-0.2, -0.15) is 0 Å². The van der Waals surface area contributed by atoms with E-state index < -0.39 is 77.2 Å². The summed E-state index contributed by atoms with van der Waals surface area (Å²) in [5, 5.41) is 7.97. The highest BCUT2D eigenvalue weighted by Crippen LogP contribution is 2.38. The quantitative estimate of drug-likeness (QED) is 0.171. The molecule has 1 heterocycles. The summed E-state index contributed by atoms with van der Waals surface area (Å²) in [4.78, 5) is 51.5. The molecule has 0 radical (unpaired) electrons. The molecule has 1 aliphatic rings. The van der Waals surface area contributed by atoms with Gasteiger partial charge in [-0.15, -0.1) is 0 Å². The van der Waals surface area contributed by atoms with Crippen molar-refractivity contribution in [3.63, 3.8) is 0 Å². The molecule has 43 heavy (non-hydrogen) atoms. The van der Waals surface area contributed by atoms with Gasteiger partial charge in [-0.05, 0) is 110 Å². The molecule has 1 saturated heterocycles. The Bertz CT molecular complexity index is 965. The first kappa shape index (κ1) is 38.5. The van der Waals surface area contributed by atoms with Crippen LogP contribution in [0.3, 0.4) is 0 Å². The lowest BCUT2D eigenvalue weighted by molar-refractivity contribution is -0.160. The van der Waals surface area contributed by atoms with Gasteiger partial charge in [0.15, 0.2) is 0 Å². The number of alkyl carbamates (subject to hydrolysis) is 2. The summed E-state index contributed by atoms with van der Waals surface area (Å²) in [6.45, 7) is 24.9. The van der Waals surface area contributed by atoms with Gasteiger partial charge in [0.25, 0.3) is 0 Å². The normalized spacial score (nSPS) is 18.6. The number of esters is 1. The fraction of sp³-hybridized carbons (Fsp3) is 0.867. The van der Waals surface area contributed by atoms with Gasteiger partial charge < -0.3 is 39.5 Å². The van der Waals surface area contributed by atoms with Crippen molar-refractivity contribution in [1.82, 2.24) is 16.0 Å². The molecule has 0 aromatic carbocycles. The number of carbonyl (C=O) groups excluding carboxylic acids is 4. The van der Waals surface area contributed by atoms with Gasteiger partial charge in [0.2, 0.25) is 5.91 Å². The average Bonchev–Trinajstić information content (AvgIpc) is 2.96. The summed E-state index contributed by atoms with van der Waals surface area (Å²) in [7, 11) is -0.447. The second-order valence-electron chi connectivity index (χ2n) is 15.1. The van der Waals surface area contributed by atoms with E-state index in [2.05, 4.69) is 16.0 Å². The van der Waals surface area contributed by atoms with Crippen LogP contribution in [0.2, 0.25) is 6.32 Å². The van der Waals surface area contributed by atoms with Crippen LogP contribution in [0, 0.1) is 5.92 Å². The Morgan fingerprint density at radius 3 is 1.67 bits per heavy atom. The fourth-order valence-corrected chi connectivity index (χ4v) is 4.11. The maximum atomic E-state index is 13.5. The molecule has 0 aromatic rings. The smallest absolute Gasteiger partial charge is 0.457 e. The van der Waals surface area contributed by atoms with Crippen molar-refractivity contribution in [2.75, 3.05) is 6.54 Å². The first-order chi connectivity index (χ1) is 19.2. The minimum absolute atomic E-state index is 0.0103. The van der Waals surface area contributed by atoms with E-state index in [-0.39, 0.29) is 6.54 Å². The zero-order valence-electron chi connectivity index (χ0n) is 28.8. The van der Waals surface area contributed by atoms with Gasteiger partial charge in [-0.25, -0.2) is 14.4 Å². The van der Waals surface area contributed by atoms with Gasteiger partial charge in [-0.1, -0.05) is 6.42 Å². The number of amides is 3. The summed E-state index contributed by atoms with van der Waals surface area (Å²) in [5.41, 5.74) is -3.29. The third kappa shape index (κ3) is 14.2. The fourth-order valence-electron chi connectivity index (χ4n) is 4.11. The van der Waals surface area contributed by atoms with Crippen molar-refractivity contribution in [2.24, 2.45) is 5.92 Å². The molecule has 12 nitrogen and oxygen atoms in total. The van der Waals surface area contributed by atoms with E-state index in [1.165, 1.54) is 6.92 Å². The third-order valence-corrected chi connectivity index (χ3v) is 6.78. The summed E-state index contributed by atoms with van der Waals surface area (Å²) in [6.07, 6.45) is 0.0599. The lowest BCUT2D eigenvalue weighted by Crippen LogP contribution is -2.56. The van der Waals surface area contributed by atoms with E-state index in [4.69, 9.17) is 23.5 Å². The van der Waals surface area contributed by atoms with Crippen LogP contribution in [-0.4, -0.2) is 77.8 Å². The third-order valence-electron chi connectivity index (χ3n) is 6.78. The molecule has 0 unspecified atom stereocenters. The monoisotopic (exact) mass is 613 g/mol. The van der Waals surface area contributed by atoms with Crippen LogP contribution in [0.25, 0.3) is 0 Å². The molecule has 3 atom stereocenters. The van der Waals surface area contributed by atoms with Crippen molar-refractivity contribution in [3.8, 4) is 0 Å². The predicted octanol–water partition coefficient (Wildman–Crippen LogP) is 4.74.